The van der Waals surface area contributed by atoms with Gasteiger partial charge in [-0.3, -0.25) is 0 Å². The first kappa shape index (κ1) is 16.3. The van der Waals surface area contributed by atoms with Crippen molar-refractivity contribution in [2.45, 2.75) is 31.8 Å². The van der Waals surface area contributed by atoms with Crippen LogP contribution in [-0.2, 0) is 18.5 Å². The van der Waals surface area contributed by atoms with Crippen LogP contribution in [0, 0.1) is 0 Å². The van der Waals surface area contributed by atoms with E-state index in [1.165, 1.54) is 9.36 Å². The Kier molecular flexibility index (Phi) is 5.37. The van der Waals surface area contributed by atoms with Crippen molar-refractivity contribution in [3.8, 4) is 5.69 Å². The first-order valence-electron chi connectivity index (χ1n) is 6.89. The highest BCUT2D eigenvalue weighted by molar-refractivity contribution is 7.98. The van der Waals surface area contributed by atoms with Gasteiger partial charge in [0.15, 0.2) is 0 Å². The lowest BCUT2D eigenvalue weighted by Crippen LogP contribution is -2.23. The number of benzene rings is 1. The molecule has 22 heavy (non-hydrogen) atoms. The van der Waals surface area contributed by atoms with Crippen LogP contribution in [0.5, 0.6) is 0 Å². The molecule has 8 heteroatoms. The molecule has 0 bridgehead atoms. The number of rotatable bonds is 6. The molecule has 2 aromatic rings. The van der Waals surface area contributed by atoms with Crippen molar-refractivity contribution in [1.82, 2.24) is 19.8 Å². The van der Waals surface area contributed by atoms with E-state index in [2.05, 4.69) is 15.6 Å². The summed E-state index contributed by atoms with van der Waals surface area (Å²) in [4.78, 5) is 18.5. The zero-order valence-electron chi connectivity index (χ0n) is 13.1. The second-order valence-corrected chi connectivity index (χ2v) is 5.56. The summed E-state index contributed by atoms with van der Waals surface area (Å²) in [6, 6.07) is 5.68. The second kappa shape index (κ2) is 7.26. The quantitative estimate of drug-likeness (QED) is 0.462. The first-order valence-corrected chi connectivity index (χ1v) is 8.11. The highest BCUT2D eigenvalue weighted by Gasteiger charge is 2.14. The second-order valence-electron chi connectivity index (χ2n) is 4.71. The minimum Gasteiger partial charge on any atom is -0.391 e. The van der Waals surface area contributed by atoms with Crippen LogP contribution in [0.2, 0.25) is 0 Å². The van der Waals surface area contributed by atoms with Crippen LogP contribution in [0.15, 0.2) is 33.0 Å². The maximum Gasteiger partial charge on any atom is 0.368 e. The van der Waals surface area contributed by atoms with Gasteiger partial charge < -0.3 is 4.84 Å². The molecular weight excluding hydrogens is 302 g/mol. The number of hydrogen-bond donors (Lipinski definition) is 0. The molecule has 0 aliphatic carbocycles. The van der Waals surface area contributed by atoms with Gasteiger partial charge in [0.2, 0.25) is 0 Å². The fraction of sp³-hybridized carbons (Fsp3) is 0.429. The number of thioether (sulfide) groups is 1. The van der Waals surface area contributed by atoms with Crippen molar-refractivity contribution >= 4 is 17.5 Å². The Morgan fingerprint density at radius 1 is 1.41 bits per heavy atom. The summed E-state index contributed by atoms with van der Waals surface area (Å²) in [6.45, 7) is 4.20. The van der Waals surface area contributed by atoms with Crippen molar-refractivity contribution in [2.75, 3.05) is 6.26 Å². The smallest absolute Gasteiger partial charge is 0.368 e. The van der Waals surface area contributed by atoms with Gasteiger partial charge in [-0.2, -0.15) is 9.36 Å². The largest absolute Gasteiger partial charge is 0.391 e. The lowest BCUT2D eigenvalue weighted by atomic mass is 10.2. The number of aryl methyl sites for hydroxylation is 1. The number of nitrogens with zero attached hydrogens (tertiary/aromatic N) is 5. The summed E-state index contributed by atoms with van der Waals surface area (Å²) in [5, 5.41) is 11.7. The van der Waals surface area contributed by atoms with Gasteiger partial charge in [-0.25, -0.2) is 4.79 Å². The molecular formula is C14H19N5O2S. The van der Waals surface area contributed by atoms with E-state index >= 15 is 0 Å². The van der Waals surface area contributed by atoms with Crippen LogP contribution in [0.25, 0.3) is 5.69 Å². The van der Waals surface area contributed by atoms with Crippen molar-refractivity contribution in [1.29, 1.82) is 0 Å². The Morgan fingerprint density at radius 2 is 2.18 bits per heavy atom. The van der Waals surface area contributed by atoms with Gasteiger partial charge in [0, 0.05) is 17.5 Å². The normalized spacial score (nSPS) is 11.7. The highest BCUT2D eigenvalue weighted by Crippen LogP contribution is 2.26. The van der Waals surface area contributed by atoms with E-state index in [0.717, 1.165) is 22.6 Å². The maximum atomic E-state index is 12.1. The summed E-state index contributed by atoms with van der Waals surface area (Å²) >= 11 is 1.58. The number of oxime groups is 1. The molecule has 0 radical (unpaired) electrons. The van der Waals surface area contributed by atoms with Crippen LogP contribution < -0.4 is 5.69 Å². The summed E-state index contributed by atoms with van der Waals surface area (Å²) in [6.07, 6.45) is 2.81. The number of aromatic nitrogens is 4. The average molecular weight is 321 g/mol. The van der Waals surface area contributed by atoms with Gasteiger partial charge in [-0.1, -0.05) is 18.1 Å². The number of tetrazole rings is 1. The molecule has 0 amide bonds. The van der Waals surface area contributed by atoms with Gasteiger partial charge in [-0.05, 0) is 42.2 Å². The van der Waals surface area contributed by atoms with Gasteiger partial charge in [0.25, 0.3) is 0 Å². The average Bonchev–Trinajstić information content (AvgIpc) is 2.86. The fourth-order valence-electron chi connectivity index (χ4n) is 1.83. The first-order chi connectivity index (χ1) is 10.6. The monoisotopic (exact) mass is 321 g/mol. The van der Waals surface area contributed by atoms with Crippen LogP contribution in [0.1, 0.15) is 25.8 Å². The molecule has 1 aromatic heterocycles. The topological polar surface area (TPSA) is 74.3 Å². The predicted molar refractivity (Wildman–Crippen MR) is 86.6 cm³/mol. The van der Waals surface area contributed by atoms with Gasteiger partial charge in [0.05, 0.1) is 11.4 Å². The maximum absolute atomic E-state index is 12.1. The van der Waals surface area contributed by atoms with Gasteiger partial charge in [0.1, 0.15) is 6.61 Å². The third-order valence-corrected chi connectivity index (χ3v) is 4.04. The van der Waals surface area contributed by atoms with Crippen LogP contribution in [0.3, 0.4) is 0 Å². The van der Waals surface area contributed by atoms with E-state index in [1.807, 2.05) is 38.3 Å². The zero-order valence-corrected chi connectivity index (χ0v) is 13.9. The molecule has 0 spiro atoms. The SMILES string of the molecule is CCC(C)=NOCc1c(SC)cccc1-n1nnn(C)c1=O. The van der Waals surface area contributed by atoms with Crippen LogP contribution in [-0.4, -0.2) is 31.8 Å². The van der Waals surface area contributed by atoms with E-state index in [-0.39, 0.29) is 12.3 Å². The van der Waals surface area contributed by atoms with E-state index in [4.69, 9.17) is 4.84 Å². The summed E-state index contributed by atoms with van der Waals surface area (Å²) < 4.78 is 2.46. The van der Waals surface area contributed by atoms with E-state index in [1.54, 1.807) is 18.8 Å². The fourth-order valence-corrected chi connectivity index (χ4v) is 2.45. The lowest BCUT2D eigenvalue weighted by Gasteiger charge is -2.11. The van der Waals surface area contributed by atoms with Crippen LogP contribution >= 0.6 is 11.8 Å². The molecule has 0 aliphatic heterocycles. The van der Waals surface area contributed by atoms with Crippen molar-refractivity contribution < 1.29 is 4.84 Å². The van der Waals surface area contributed by atoms with E-state index in [9.17, 15) is 4.79 Å². The van der Waals surface area contributed by atoms with Crippen molar-refractivity contribution in [2.24, 2.45) is 12.2 Å². The lowest BCUT2D eigenvalue weighted by molar-refractivity contribution is 0.128. The van der Waals surface area contributed by atoms with Gasteiger partial charge >= 0.3 is 5.69 Å². The molecule has 0 saturated carbocycles. The molecule has 118 valence electrons. The third-order valence-electron chi connectivity index (χ3n) is 3.22. The molecule has 0 saturated heterocycles. The van der Waals surface area contributed by atoms with Gasteiger partial charge in [-0.15, -0.1) is 11.8 Å². The molecule has 0 atom stereocenters. The van der Waals surface area contributed by atoms with Crippen LogP contribution in [0.4, 0.5) is 0 Å². The highest BCUT2D eigenvalue weighted by atomic mass is 32.2. The number of hydrogen-bond acceptors (Lipinski definition) is 6. The predicted octanol–water partition coefficient (Wildman–Crippen LogP) is 1.99. The summed E-state index contributed by atoms with van der Waals surface area (Å²) in [5.74, 6) is 0. The Hall–Kier alpha value is -2.09. The Labute approximate surface area is 132 Å². The molecule has 0 fully saturated rings. The summed E-state index contributed by atoms with van der Waals surface area (Å²) in [5.41, 5.74) is 2.15. The molecule has 1 heterocycles. The minimum atomic E-state index is -0.298. The Morgan fingerprint density at radius 3 is 2.77 bits per heavy atom. The van der Waals surface area contributed by atoms with Crippen molar-refractivity contribution in [3.05, 3.63) is 34.2 Å². The third kappa shape index (κ3) is 3.38. The zero-order chi connectivity index (χ0) is 16.1. The van der Waals surface area contributed by atoms with E-state index in [0.29, 0.717) is 5.69 Å². The Balaban J connectivity index is 2.42. The van der Waals surface area contributed by atoms with E-state index < -0.39 is 0 Å². The molecule has 0 N–H and O–H groups in total. The molecule has 0 unspecified atom stereocenters. The standard InChI is InChI=1S/C14H19N5O2S/c1-5-10(2)15-21-9-11-12(7-6-8-13(11)22-4)19-14(20)18(3)16-17-19/h6-8H,5,9H2,1-4H3. The molecule has 2 rings (SSSR count). The van der Waals surface area contributed by atoms with Crippen molar-refractivity contribution in [3.63, 3.8) is 0 Å². The molecule has 1 aromatic carbocycles. The minimum absolute atomic E-state index is 0.271. The summed E-state index contributed by atoms with van der Waals surface area (Å²) in [7, 11) is 1.56. The Bertz CT molecular complexity index is 735. The molecule has 7 nitrogen and oxygen atoms in total. The molecule has 0 aliphatic rings.